The zero-order valence-corrected chi connectivity index (χ0v) is 14.6. The number of benzene rings is 1. The van der Waals surface area contributed by atoms with Gasteiger partial charge in [-0.25, -0.2) is 0 Å². The van der Waals surface area contributed by atoms with Gasteiger partial charge in [0, 0.05) is 19.1 Å². The van der Waals surface area contributed by atoms with Crippen LogP contribution in [-0.4, -0.2) is 47.6 Å². The fraction of sp³-hybridized carbons (Fsp3) is 0.368. The Hall–Kier alpha value is -2.96. The van der Waals surface area contributed by atoms with Gasteiger partial charge in [-0.1, -0.05) is 12.1 Å². The van der Waals surface area contributed by atoms with Crippen LogP contribution in [0.5, 0.6) is 11.5 Å². The van der Waals surface area contributed by atoms with Gasteiger partial charge in [0.05, 0.1) is 11.8 Å². The maximum absolute atomic E-state index is 12.3. The normalized spacial score (nSPS) is 14.9. The highest BCUT2D eigenvalue weighted by Gasteiger charge is 2.25. The summed E-state index contributed by atoms with van der Waals surface area (Å²) in [7, 11) is 0. The minimum atomic E-state index is -0.149. The summed E-state index contributed by atoms with van der Waals surface area (Å²) in [5.74, 6) is 0.610. The molecule has 0 bridgehead atoms. The van der Waals surface area contributed by atoms with Crippen LogP contribution in [0.25, 0.3) is 0 Å². The first-order chi connectivity index (χ1) is 12.5. The first kappa shape index (κ1) is 17.8. The van der Waals surface area contributed by atoms with Crippen LogP contribution >= 0.6 is 0 Å². The van der Waals surface area contributed by atoms with E-state index in [0.717, 1.165) is 0 Å². The van der Waals surface area contributed by atoms with Crippen molar-refractivity contribution in [2.24, 2.45) is 0 Å². The largest absolute Gasteiger partial charge is 0.504 e. The fourth-order valence-electron chi connectivity index (χ4n) is 2.97. The van der Waals surface area contributed by atoms with Gasteiger partial charge in [-0.3, -0.25) is 9.59 Å². The smallest absolute Gasteiger partial charge is 0.260 e. The number of aryl methyl sites for hydroxylation is 1. The number of carbonyl (C=O) groups is 2. The third-order valence-corrected chi connectivity index (χ3v) is 4.50. The van der Waals surface area contributed by atoms with E-state index in [4.69, 9.17) is 9.15 Å². The number of carbonyl (C=O) groups excluding carboxylic acids is 2. The van der Waals surface area contributed by atoms with Crippen molar-refractivity contribution in [3.05, 3.63) is 47.9 Å². The third kappa shape index (κ3) is 4.17. The molecule has 138 valence electrons. The molecule has 0 unspecified atom stereocenters. The van der Waals surface area contributed by atoms with Crippen molar-refractivity contribution in [2.45, 2.75) is 25.8 Å². The number of para-hydroxylation sites is 2. The topological polar surface area (TPSA) is 92.0 Å². The van der Waals surface area contributed by atoms with E-state index >= 15 is 0 Å². The number of nitrogens with one attached hydrogen (secondary N) is 1. The highest BCUT2D eigenvalue weighted by Crippen LogP contribution is 2.24. The number of furan rings is 1. The van der Waals surface area contributed by atoms with Gasteiger partial charge in [-0.2, -0.15) is 0 Å². The molecule has 26 heavy (non-hydrogen) atoms. The number of piperidine rings is 1. The van der Waals surface area contributed by atoms with Gasteiger partial charge < -0.3 is 24.5 Å². The highest BCUT2D eigenvalue weighted by atomic mass is 16.5. The van der Waals surface area contributed by atoms with Gasteiger partial charge in [0.15, 0.2) is 18.1 Å². The Bertz CT molecular complexity index is 778. The van der Waals surface area contributed by atoms with E-state index in [1.54, 1.807) is 36.1 Å². The van der Waals surface area contributed by atoms with E-state index in [2.05, 4.69) is 5.32 Å². The Labute approximate surface area is 151 Å². The van der Waals surface area contributed by atoms with Crippen molar-refractivity contribution in [1.29, 1.82) is 0 Å². The van der Waals surface area contributed by atoms with Crippen molar-refractivity contribution >= 4 is 11.8 Å². The molecule has 1 fully saturated rings. The van der Waals surface area contributed by atoms with Gasteiger partial charge in [0.25, 0.3) is 11.8 Å². The Morgan fingerprint density at radius 2 is 2.00 bits per heavy atom. The molecule has 1 aromatic carbocycles. The van der Waals surface area contributed by atoms with Crippen LogP contribution in [0.2, 0.25) is 0 Å². The fourth-order valence-corrected chi connectivity index (χ4v) is 2.97. The molecule has 1 aliphatic heterocycles. The van der Waals surface area contributed by atoms with E-state index in [9.17, 15) is 14.7 Å². The molecule has 3 rings (SSSR count). The molecule has 1 aliphatic rings. The van der Waals surface area contributed by atoms with E-state index < -0.39 is 0 Å². The lowest BCUT2D eigenvalue weighted by Crippen LogP contribution is -2.47. The second-order valence-electron chi connectivity index (χ2n) is 6.28. The van der Waals surface area contributed by atoms with E-state index in [-0.39, 0.29) is 30.2 Å². The highest BCUT2D eigenvalue weighted by molar-refractivity contribution is 5.95. The molecule has 0 radical (unpaired) electrons. The molecule has 7 nitrogen and oxygen atoms in total. The average Bonchev–Trinajstić information content (AvgIpc) is 3.07. The maximum atomic E-state index is 12.3. The summed E-state index contributed by atoms with van der Waals surface area (Å²) in [4.78, 5) is 26.2. The number of ether oxygens (including phenoxy) is 1. The zero-order chi connectivity index (χ0) is 18.5. The van der Waals surface area contributed by atoms with Gasteiger partial charge in [-0.05, 0) is 38.0 Å². The molecule has 2 aromatic rings. The van der Waals surface area contributed by atoms with E-state index in [1.165, 1.54) is 12.3 Å². The van der Waals surface area contributed by atoms with Crippen LogP contribution in [0, 0.1) is 6.92 Å². The second kappa shape index (κ2) is 7.95. The summed E-state index contributed by atoms with van der Waals surface area (Å²) < 4.78 is 10.5. The molecular weight excluding hydrogens is 336 g/mol. The molecule has 2 amide bonds. The molecule has 0 saturated carbocycles. The SMILES string of the molecule is Cc1occc1C(=O)NC1CCN(C(=O)COc2ccccc2O)CC1. The minimum Gasteiger partial charge on any atom is -0.504 e. The van der Waals surface area contributed by atoms with Gasteiger partial charge in [0.1, 0.15) is 5.76 Å². The lowest BCUT2D eigenvalue weighted by atomic mass is 10.0. The molecule has 0 aliphatic carbocycles. The van der Waals surface area contributed by atoms with Crippen LogP contribution < -0.4 is 10.1 Å². The summed E-state index contributed by atoms with van der Waals surface area (Å²) in [5.41, 5.74) is 0.541. The first-order valence-corrected chi connectivity index (χ1v) is 8.58. The Balaban J connectivity index is 1.44. The number of aromatic hydroxyl groups is 1. The van der Waals surface area contributed by atoms with Crippen LogP contribution in [0.3, 0.4) is 0 Å². The Morgan fingerprint density at radius 3 is 2.65 bits per heavy atom. The minimum absolute atomic E-state index is 0.0104. The first-order valence-electron chi connectivity index (χ1n) is 8.58. The molecule has 0 spiro atoms. The number of amides is 2. The number of phenols is 1. The number of rotatable bonds is 5. The molecule has 2 N–H and O–H groups in total. The van der Waals surface area contributed by atoms with Crippen molar-refractivity contribution in [2.75, 3.05) is 19.7 Å². The van der Waals surface area contributed by atoms with Crippen molar-refractivity contribution < 1.29 is 23.8 Å². The summed E-state index contributed by atoms with van der Waals surface area (Å²) in [6.45, 7) is 2.74. The predicted molar refractivity (Wildman–Crippen MR) is 94.1 cm³/mol. The number of phenolic OH excluding ortho intramolecular Hbond substituents is 1. The number of hydrogen-bond acceptors (Lipinski definition) is 5. The van der Waals surface area contributed by atoms with Crippen molar-refractivity contribution in [3.63, 3.8) is 0 Å². The molecular formula is C19H22N2O5. The lowest BCUT2D eigenvalue weighted by Gasteiger charge is -2.32. The Morgan fingerprint density at radius 1 is 1.27 bits per heavy atom. The standard InChI is InChI=1S/C19H22N2O5/c1-13-15(8-11-25-13)19(24)20-14-6-9-21(10-7-14)18(23)12-26-17-5-3-2-4-16(17)22/h2-5,8,11,14,22H,6-7,9-10,12H2,1H3,(H,20,24). The Kier molecular flexibility index (Phi) is 5.46. The predicted octanol–water partition coefficient (Wildman–Crippen LogP) is 2.09. The number of nitrogens with zero attached hydrogens (tertiary/aromatic N) is 1. The molecule has 7 heteroatoms. The second-order valence-corrected chi connectivity index (χ2v) is 6.28. The van der Waals surface area contributed by atoms with Crippen LogP contribution in [-0.2, 0) is 4.79 Å². The lowest BCUT2D eigenvalue weighted by molar-refractivity contribution is -0.134. The number of hydrogen-bond donors (Lipinski definition) is 2. The van der Waals surface area contributed by atoms with Gasteiger partial charge in [0.2, 0.25) is 0 Å². The number of likely N-dealkylation sites (tertiary alicyclic amines) is 1. The van der Waals surface area contributed by atoms with Crippen molar-refractivity contribution in [1.82, 2.24) is 10.2 Å². The third-order valence-electron chi connectivity index (χ3n) is 4.50. The monoisotopic (exact) mass is 358 g/mol. The average molecular weight is 358 g/mol. The molecule has 0 atom stereocenters. The summed E-state index contributed by atoms with van der Waals surface area (Å²) in [5, 5.41) is 12.6. The van der Waals surface area contributed by atoms with Crippen LogP contribution in [0.15, 0.2) is 41.0 Å². The molecule has 1 aromatic heterocycles. The molecule has 1 saturated heterocycles. The summed E-state index contributed by atoms with van der Waals surface area (Å²) in [6, 6.07) is 8.22. The van der Waals surface area contributed by atoms with E-state index in [1.807, 2.05) is 0 Å². The van der Waals surface area contributed by atoms with E-state index in [0.29, 0.717) is 43.0 Å². The quantitative estimate of drug-likeness (QED) is 0.854. The summed E-state index contributed by atoms with van der Waals surface area (Å²) >= 11 is 0. The molecule has 2 heterocycles. The van der Waals surface area contributed by atoms with Gasteiger partial charge >= 0.3 is 0 Å². The van der Waals surface area contributed by atoms with Gasteiger partial charge in [-0.15, -0.1) is 0 Å². The zero-order valence-electron chi connectivity index (χ0n) is 14.6. The van der Waals surface area contributed by atoms with Crippen molar-refractivity contribution in [3.8, 4) is 11.5 Å². The maximum Gasteiger partial charge on any atom is 0.260 e. The van der Waals surface area contributed by atoms with Crippen LogP contribution in [0.4, 0.5) is 0 Å². The summed E-state index contributed by atoms with van der Waals surface area (Å²) in [6.07, 6.45) is 2.87. The van der Waals surface area contributed by atoms with Crippen LogP contribution in [0.1, 0.15) is 29.0 Å².